The molecule has 0 spiro atoms. The Morgan fingerprint density at radius 1 is 0.833 bits per heavy atom. The first-order valence-corrected chi connectivity index (χ1v) is 11.8. The van der Waals surface area contributed by atoms with Crippen LogP contribution in [0.4, 0.5) is 11.4 Å². The smallest absolute Gasteiger partial charge is 0.335 e. The summed E-state index contributed by atoms with van der Waals surface area (Å²) in [7, 11) is 2.12. The number of carboxylic acids is 1. The van der Waals surface area contributed by atoms with Crippen molar-refractivity contribution in [1.29, 1.82) is 0 Å². The molecular formula is C27H35NO2. The van der Waals surface area contributed by atoms with Crippen molar-refractivity contribution in [2.45, 2.75) is 83.0 Å². The minimum absolute atomic E-state index is 0.350. The maximum Gasteiger partial charge on any atom is 0.335 e. The van der Waals surface area contributed by atoms with Gasteiger partial charge < -0.3 is 10.0 Å². The number of benzene rings is 2. The summed E-state index contributed by atoms with van der Waals surface area (Å²) >= 11 is 0. The highest BCUT2D eigenvalue weighted by molar-refractivity contribution is 5.88. The molecule has 0 amide bonds. The standard InChI is InChI=1S/C27H35NO2/c1-19-15-22(27(29)30)13-14-26(19)28(2)25-17-23(20-9-5-3-6-10-20)16-24(18-25)21-11-7-4-8-12-21/h13-18,20-21H,3-12H2,1-2H3,(H,29,30). The Balaban J connectivity index is 1.71. The van der Waals surface area contributed by atoms with Crippen molar-refractivity contribution in [3.63, 3.8) is 0 Å². The van der Waals surface area contributed by atoms with Gasteiger partial charge in [-0.3, -0.25) is 0 Å². The Kier molecular flexibility index (Phi) is 6.46. The number of nitrogens with zero attached hydrogens (tertiary/aromatic N) is 1. The lowest BCUT2D eigenvalue weighted by molar-refractivity contribution is 0.0697. The first kappa shape index (κ1) is 21.0. The molecular weight excluding hydrogens is 370 g/mol. The SMILES string of the molecule is Cc1cc(C(=O)O)ccc1N(C)c1cc(C2CCCCC2)cc(C2CCCCC2)c1. The zero-order valence-corrected chi connectivity index (χ0v) is 18.5. The van der Waals surface area contributed by atoms with Crippen molar-refractivity contribution in [2.75, 3.05) is 11.9 Å². The van der Waals surface area contributed by atoms with Gasteiger partial charge in [0.25, 0.3) is 0 Å². The molecule has 2 aliphatic carbocycles. The highest BCUT2D eigenvalue weighted by atomic mass is 16.4. The average molecular weight is 406 g/mol. The topological polar surface area (TPSA) is 40.5 Å². The number of carbonyl (C=O) groups is 1. The Labute approximate surface area is 181 Å². The minimum atomic E-state index is -0.869. The van der Waals surface area contributed by atoms with E-state index in [0.717, 1.165) is 11.3 Å². The molecule has 2 fully saturated rings. The Morgan fingerprint density at radius 2 is 1.37 bits per heavy atom. The number of rotatable bonds is 5. The van der Waals surface area contributed by atoms with Gasteiger partial charge >= 0.3 is 5.97 Å². The van der Waals surface area contributed by atoms with Gasteiger partial charge in [0.15, 0.2) is 0 Å². The summed E-state index contributed by atoms with van der Waals surface area (Å²) in [6.45, 7) is 2.01. The minimum Gasteiger partial charge on any atom is -0.478 e. The summed E-state index contributed by atoms with van der Waals surface area (Å²) in [6.07, 6.45) is 13.4. The highest BCUT2D eigenvalue weighted by Crippen LogP contribution is 2.40. The van der Waals surface area contributed by atoms with E-state index in [9.17, 15) is 9.90 Å². The molecule has 4 rings (SSSR count). The van der Waals surface area contributed by atoms with Gasteiger partial charge in [0, 0.05) is 18.4 Å². The van der Waals surface area contributed by atoms with E-state index in [1.54, 1.807) is 12.1 Å². The Bertz CT molecular complexity index is 855. The fourth-order valence-electron chi connectivity index (χ4n) is 5.50. The molecule has 0 saturated heterocycles. The van der Waals surface area contributed by atoms with E-state index in [4.69, 9.17) is 0 Å². The van der Waals surface area contributed by atoms with Crippen LogP contribution in [0.25, 0.3) is 0 Å². The second-order valence-corrected chi connectivity index (χ2v) is 9.39. The van der Waals surface area contributed by atoms with Gasteiger partial charge in [-0.1, -0.05) is 44.6 Å². The zero-order valence-electron chi connectivity index (χ0n) is 18.5. The predicted octanol–water partition coefficient (Wildman–Crippen LogP) is 7.56. The van der Waals surface area contributed by atoms with Crippen LogP contribution in [0, 0.1) is 6.92 Å². The molecule has 2 saturated carbocycles. The van der Waals surface area contributed by atoms with Crippen molar-refractivity contribution in [1.82, 2.24) is 0 Å². The number of aryl methyl sites for hydroxylation is 1. The van der Waals surface area contributed by atoms with Gasteiger partial charge in [0.1, 0.15) is 0 Å². The molecule has 2 aromatic rings. The first-order valence-electron chi connectivity index (χ1n) is 11.8. The second kappa shape index (κ2) is 9.24. The molecule has 0 unspecified atom stereocenters. The van der Waals surface area contributed by atoms with E-state index in [1.165, 1.54) is 81.0 Å². The molecule has 2 aliphatic rings. The van der Waals surface area contributed by atoms with Crippen LogP contribution in [0.15, 0.2) is 36.4 Å². The van der Waals surface area contributed by atoms with Crippen LogP contribution >= 0.6 is 0 Å². The van der Waals surface area contributed by atoms with E-state index in [-0.39, 0.29) is 0 Å². The number of hydrogen-bond donors (Lipinski definition) is 1. The monoisotopic (exact) mass is 405 g/mol. The van der Waals surface area contributed by atoms with Gasteiger partial charge in [-0.25, -0.2) is 4.79 Å². The molecule has 0 radical (unpaired) electrons. The Hall–Kier alpha value is -2.29. The maximum atomic E-state index is 11.3. The maximum absolute atomic E-state index is 11.3. The molecule has 160 valence electrons. The highest BCUT2D eigenvalue weighted by Gasteiger charge is 2.22. The van der Waals surface area contributed by atoms with Crippen LogP contribution in [0.3, 0.4) is 0 Å². The number of carboxylic acid groups (broad SMARTS) is 1. The van der Waals surface area contributed by atoms with Crippen LogP contribution in [0.5, 0.6) is 0 Å². The van der Waals surface area contributed by atoms with Gasteiger partial charge in [-0.2, -0.15) is 0 Å². The lowest BCUT2D eigenvalue weighted by atomic mass is 9.79. The van der Waals surface area contributed by atoms with Crippen molar-refractivity contribution in [3.05, 3.63) is 58.7 Å². The number of anilines is 2. The summed E-state index contributed by atoms with van der Waals surface area (Å²) in [4.78, 5) is 13.6. The van der Waals surface area contributed by atoms with E-state index in [1.807, 2.05) is 13.0 Å². The fourth-order valence-corrected chi connectivity index (χ4v) is 5.50. The largest absolute Gasteiger partial charge is 0.478 e. The first-order chi connectivity index (χ1) is 14.5. The van der Waals surface area contributed by atoms with Crippen molar-refractivity contribution in [3.8, 4) is 0 Å². The third kappa shape index (κ3) is 4.55. The fraction of sp³-hybridized carbons (Fsp3) is 0.519. The van der Waals surface area contributed by atoms with Crippen molar-refractivity contribution in [2.24, 2.45) is 0 Å². The van der Waals surface area contributed by atoms with Crippen LogP contribution in [-0.4, -0.2) is 18.1 Å². The molecule has 0 heterocycles. The second-order valence-electron chi connectivity index (χ2n) is 9.39. The molecule has 3 heteroatoms. The lowest BCUT2D eigenvalue weighted by Crippen LogP contribution is -2.15. The summed E-state index contributed by atoms with van der Waals surface area (Å²) in [5.41, 5.74) is 6.70. The van der Waals surface area contributed by atoms with Gasteiger partial charge in [0.2, 0.25) is 0 Å². The molecule has 2 aromatic carbocycles. The summed E-state index contributed by atoms with van der Waals surface area (Å²) < 4.78 is 0. The third-order valence-electron chi connectivity index (χ3n) is 7.31. The quantitative estimate of drug-likeness (QED) is 0.558. The van der Waals surface area contributed by atoms with E-state index in [2.05, 4.69) is 30.1 Å². The van der Waals surface area contributed by atoms with Crippen molar-refractivity contribution < 1.29 is 9.90 Å². The molecule has 0 bridgehead atoms. The van der Waals surface area contributed by atoms with Crippen LogP contribution in [0.2, 0.25) is 0 Å². The summed E-state index contributed by atoms with van der Waals surface area (Å²) in [5.74, 6) is 0.501. The van der Waals surface area contributed by atoms with Crippen LogP contribution in [0.1, 0.15) is 103 Å². The van der Waals surface area contributed by atoms with E-state index in [0.29, 0.717) is 17.4 Å². The average Bonchev–Trinajstić information content (AvgIpc) is 2.79. The van der Waals surface area contributed by atoms with Gasteiger partial charge in [-0.15, -0.1) is 0 Å². The molecule has 1 N–H and O–H groups in total. The molecule has 0 aromatic heterocycles. The molecule has 3 nitrogen and oxygen atoms in total. The Morgan fingerprint density at radius 3 is 1.83 bits per heavy atom. The zero-order chi connectivity index (χ0) is 21.1. The van der Waals surface area contributed by atoms with Crippen molar-refractivity contribution >= 4 is 17.3 Å². The number of aromatic carboxylic acids is 1. The normalized spacial score (nSPS) is 18.3. The van der Waals surface area contributed by atoms with Crippen LogP contribution in [-0.2, 0) is 0 Å². The molecule has 0 aliphatic heterocycles. The summed E-state index contributed by atoms with van der Waals surface area (Å²) in [6, 6.07) is 12.8. The van der Waals surface area contributed by atoms with E-state index < -0.39 is 5.97 Å². The van der Waals surface area contributed by atoms with Gasteiger partial charge in [-0.05, 0) is 91.5 Å². The summed E-state index contributed by atoms with van der Waals surface area (Å²) in [5, 5.41) is 9.30. The molecule has 0 atom stereocenters. The number of hydrogen-bond acceptors (Lipinski definition) is 2. The molecule has 30 heavy (non-hydrogen) atoms. The predicted molar refractivity (Wildman–Crippen MR) is 124 cm³/mol. The third-order valence-corrected chi connectivity index (χ3v) is 7.31. The van der Waals surface area contributed by atoms with Crippen LogP contribution < -0.4 is 4.90 Å². The van der Waals surface area contributed by atoms with Gasteiger partial charge in [0.05, 0.1) is 5.56 Å². The van der Waals surface area contributed by atoms with E-state index >= 15 is 0 Å². The lowest BCUT2D eigenvalue weighted by Gasteiger charge is -2.29.